The van der Waals surface area contributed by atoms with Crippen LogP contribution >= 0.6 is 0 Å². The van der Waals surface area contributed by atoms with Gasteiger partial charge in [-0.05, 0) is 45.6 Å². The maximum absolute atomic E-state index is 11.3. The fraction of sp³-hybridized carbons (Fsp3) is 0.643. The number of hydrogen-bond acceptors (Lipinski definition) is 3. The highest BCUT2D eigenvalue weighted by atomic mass is 16.5. The molecule has 0 aliphatic heterocycles. The number of carbonyl (C=O) groups is 1. The molecule has 0 heterocycles. The van der Waals surface area contributed by atoms with Crippen LogP contribution in [-0.2, 0) is 9.53 Å². The molecule has 0 aromatic heterocycles. The van der Waals surface area contributed by atoms with E-state index in [-0.39, 0.29) is 5.97 Å². The van der Waals surface area contributed by atoms with E-state index < -0.39 is 0 Å². The molecule has 0 amide bonds. The van der Waals surface area contributed by atoms with Crippen LogP contribution in [0.5, 0.6) is 0 Å². The van der Waals surface area contributed by atoms with Crippen molar-refractivity contribution < 1.29 is 9.53 Å². The molecule has 17 heavy (non-hydrogen) atoms. The van der Waals surface area contributed by atoms with Gasteiger partial charge < -0.3 is 10.1 Å². The highest BCUT2D eigenvalue weighted by Gasteiger charge is 2.07. The largest absolute Gasteiger partial charge is 0.463 e. The van der Waals surface area contributed by atoms with Crippen LogP contribution in [0.3, 0.4) is 0 Å². The molecule has 0 saturated carbocycles. The van der Waals surface area contributed by atoms with E-state index in [0.717, 1.165) is 13.0 Å². The molecule has 0 radical (unpaired) electrons. The van der Waals surface area contributed by atoms with Crippen LogP contribution in [-0.4, -0.2) is 25.7 Å². The summed E-state index contributed by atoms with van der Waals surface area (Å²) < 4.78 is 4.86. The number of hydrogen-bond donors (Lipinski definition) is 1. The summed E-state index contributed by atoms with van der Waals surface area (Å²) in [6.45, 7) is 7.34. The van der Waals surface area contributed by atoms with Crippen LogP contribution in [0.4, 0.5) is 0 Å². The number of rotatable bonds is 7. The number of allylic oxidation sites excluding steroid dienone is 1. The Bertz CT molecular complexity index is 295. The average Bonchev–Trinajstić information content (AvgIpc) is 2.36. The molecule has 0 atom stereocenters. The first-order chi connectivity index (χ1) is 8.24. The molecule has 3 heteroatoms. The van der Waals surface area contributed by atoms with Crippen molar-refractivity contribution in [1.82, 2.24) is 5.32 Å². The lowest BCUT2D eigenvalue weighted by Gasteiger charge is -2.13. The second-order valence-corrected chi connectivity index (χ2v) is 4.36. The summed E-state index contributed by atoms with van der Waals surface area (Å²) in [5.41, 5.74) is 2.05. The lowest BCUT2D eigenvalue weighted by atomic mass is 9.97. The van der Waals surface area contributed by atoms with Gasteiger partial charge in [0, 0.05) is 12.1 Å². The van der Waals surface area contributed by atoms with Gasteiger partial charge in [0.2, 0.25) is 0 Å². The third-order valence-corrected chi connectivity index (χ3v) is 2.91. The minimum atomic E-state index is -0.295. The van der Waals surface area contributed by atoms with Gasteiger partial charge in [0.15, 0.2) is 0 Å². The van der Waals surface area contributed by atoms with Gasteiger partial charge in [0.05, 0.1) is 6.61 Å². The summed E-state index contributed by atoms with van der Waals surface area (Å²) in [5, 5.41) is 3.23. The Labute approximate surface area is 104 Å². The maximum Gasteiger partial charge on any atom is 0.334 e. The SMILES string of the molecule is C=C(CNCCC1=CCCCC1)C(=O)OCC. The highest BCUT2D eigenvalue weighted by molar-refractivity contribution is 5.88. The van der Waals surface area contributed by atoms with Gasteiger partial charge in [-0.25, -0.2) is 4.79 Å². The van der Waals surface area contributed by atoms with Gasteiger partial charge in [-0.2, -0.15) is 0 Å². The first kappa shape index (κ1) is 14.0. The van der Waals surface area contributed by atoms with Crippen molar-refractivity contribution in [3.8, 4) is 0 Å². The van der Waals surface area contributed by atoms with E-state index in [0.29, 0.717) is 18.7 Å². The van der Waals surface area contributed by atoms with Crippen molar-refractivity contribution in [3.05, 3.63) is 23.8 Å². The first-order valence-electron chi connectivity index (χ1n) is 6.47. The van der Waals surface area contributed by atoms with E-state index in [1.54, 1.807) is 12.5 Å². The van der Waals surface area contributed by atoms with Crippen molar-refractivity contribution in [2.45, 2.75) is 39.0 Å². The molecule has 96 valence electrons. The Kier molecular flexibility index (Phi) is 6.63. The summed E-state index contributed by atoms with van der Waals surface area (Å²) in [7, 11) is 0. The Hall–Kier alpha value is -1.09. The molecule has 1 rings (SSSR count). The van der Waals surface area contributed by atoms with Gasteiger partial charge in [-0.15, -0.1) is 0 Å². The second kappa shape index (κ2) is 8.07. The van der Waals surface area contributed by atoms with Crippen molar-refractivity contribution in [3.63, 3.8) is 0 Å². The molecule has 0 fully saturated rings. The predicted molar refractivity (Wildman–Crippen MR) is 69.8 cm³/mol. The molecule has 0 saturated heterocycles. The molecular weight excluding hydrogens is 214 g/mol. The number of esters is 1. The van der Waals surface area contributed by atoms with Crippen LogP contribution in [0.2, 0.25) is 0 Å². The zero-order valence-corrected chi connectivity index (χ0v) is 10.8. The minimum absolute atomic E-state index is 0.295. The van der Waals surface area contributed by atoms with Gasteiger partial charge >= 0.3 is 5.97 Å². The van der Waals surface area contributed by atoms with E-state index in [2.05, 4.69) is 18.0 Å². The van der Waals surface area contributed by atoms with Crippen LogP contribution < -0.4 is 5.32 Å². The second-order valence-electron chi connectivity index (χ2n) is 4.36. The summed E-state index contributed by atoms with van der Waals surface area (Å²) in [6, 6.07) is 0. The molecule has 1 aliphatic carbocycles. The summed E-state index contributed by atoms with van der Waals surface area (Å²) in [5.74, 6) is -0.295. The van der Waals surface area contributed by atoms with E-state index in [4.69, 9.17) is 4.74 Å². The summed E-state index contributed by atoms with van der Waals surface area (Å²) in [6.07, 6.45) is 8.55. The van der Waals surface area contributed by atoms with Crippen molar-refractivity contribution >= 4 is 5.97 Å². The fourth-order valence-corrected chi connectivity index (χ4v) is 1.93. The fourth-order valence-electron chi connectivity index (χ4n) is 1.93. The molecule has 0 aromatic rings. The molecule has 3 nitrogen and oxygen atoms in total. The standard InChI is InChI=1S/C14H23NO2/c1-3-17-14(16)12(2)11-15-10-9-13-7-5-4-6-8-13/h7,15H,2-6,8-11H2,1H3. The monoisotopic (exact) mass is 237 g/mol. The Morgan fingerprint density at radius 1 is 1.53 bits per heavy atom. The molecule has 0 bridgehead atoms. The Balaban J connectivity index is 2.09. The topological polar surface area (TPSA) is 38.3 Å². The number of nitrogens with one attached hydrogen (secondary N) is 1. The molecule has 1 N–H and O–H groups in total. The quantitative estimate of drug-likeness (QED) is 0.320. The number of ether oxygens (including phenoxy) is 1. The van der Waals surface area contributed by atoms with Crippen molar-refractivity contribution in [2.24, 2.45) is 0 Å². The smallest absolute Gasteiger partial charge is 0.334 e. The highest BCUT2D eigenvalue weighted by Crippen LogP contribution is 2.19. The normalized spacial score (nSPS) is 15.2. The first-order valence-corrected chi connectivity index (χ1v) is 6.47. The van der Waals surface area contributed by atoms with E-state index >= 15 is 0 Å². The summed E-state index contributed by atoms with van der Waals surface area (Å²) in [4.78, 5) is 11.3. The van der Waals surface area contributed by atoms with Crippen LogP contribution in [0.25, 0.3) is 0 Å². The number of carbonyl (C=O) groups excluding carboxylic acids is 1. The molecule has 1 aliphatic rings. The third kappa shape index (κ3) is 5.68. The Morgan fingerprint density at radius 2 is 2.35 bits per heavy atom. The van der Waals surface area contributed by atoms with Gasteiger partial charge in [0.1, 0.15) is 0 Å². The van der Waals surface area contributed by atoms with Crippen molar-refractivity contribution in [2.75, 3.05) is 19.7 Å². The van der Waals surface area contributed by atoms with Crippen LogP contribution in [0.1, 0.15) is 39.0 Å². The molecule has 0 unspecified atom stereocenters. The lowest BCUT2D eigenvalue weighted by Crippen LogP contribution is -2.23. The van der Waals surface area contributed by atoms with E-state index in [1.165, 1.54) is 25.7 Å². The molecule has 0 aromatic carbocycles. The average molecular weight is 237 g/mol. The lowest BCUT2D eigenvalue weighted by molar-refractivity contribution is -0.138. The third-order valence-electron chi connectivity index (χ3n) is 2.91. The zero-order chi connectivity index (χ0) is 12.5. The molecule has 0 spiro atoms. The van der Waals surface area contributed by atoms with Gasteiger partial charge in [-0.1, -0.05) is 18.2 Å². The maximum atomic E-state index is 11.3. The molecular formula is C14H23NO2. The van der Waals surface area contributed by atoms with Crippen LogP contribution in [0, 0.1) is 0 Å². The predicted octanol–water partition coefficient (Wildman–Crippen LogP) is 2.59. The summed E-state index contributed by atoms with van der Waals surface area (Å²) >= 11 is 0. The minimum Gasteiger partial charge on any atom is -0.463 e. The Morgan fingerprint density at radius 3 is 3.00 bits per heavy atom. The zero-order valence-electron chi connectivity index (χ0n) is 10.8. The van der Waals surface area contributed by atoms with Gasteiger partial charge in [0.25, 0.3) is 0 Å². The van der Waals surface area contributed by atoms with E-state index in [1.807, 2.05) is 0 Å². The van der Waals surface area contributed by atoms with Crippen LogP contribution in [0.15, 0.2) is 23.8 Å². The van der Waals surface area contributed by atoms with E-state index in [9.17, 15) is 4.79 Å². The van der Waals surface area contributed by atoms with Crippen molar-refractivity contribution in [1.29, 1.82) is 0 Å². The van der Waals surface area contributed by atoms with Gasteiger partial charge in [-0.3, -0.25) is 0 Å².